The number of likely N-dealkylation sites (N-methyl/N-ethyl adjacent to an activating group) is 1. The molecule has 0 radical (unpaired) electrons. The number of furan rings is 1. The van der Waals surface area contributed by atoms with E-state index >= 15 is 0 Å². The smallest absolute Gasteiger partial charge is 0.263 e. The summed E-state index contributed by atoms with van der Waals surface area (Å²) in [5, 5.41) is 5.63. The molecule has 156 valence electrons. The van der Waals surface area contributed by atoms with Crippen molar-refractivity contribution >= 4 is 46.2 Å². The Hall–Kier alpha value is -2.42. The third-order valence-electron chi connectivity index (χ3n) is 5.39. The van der Waals surface area contributed by atoms with E-state index in [-0.39, 0.29) is 11.8 Å². The van der Waals surface area contributed by atoms with Crippen molar-refractivity contribution in [3.63, 3.8) is 0 Å². The molecule has 2 aromatic rings. The molecule has 0 spiro atoms. The summed E-state index contributed by atoms with van der Waals surface area (Å²) in [5.41, 5.74) is 1.49. The zero-order valence-corrected chi connectivity index (χ0v) is 18.3. The summed E-state index contributed by atoms with van der Waals surface area (Å²) in [6, 6.07) is 11.4. The maximum atomic E-state index is 12.5. The molecule has 0 aliphatic carbocycles. The van der Waals surface area contributed by atoms with Gasteiger partial charge < -0.3 is 20.0 Å². The maximum Gasteiger partial charge on any atom is 0.263 e. The van der Waals surface area contributed by atoms with Gasteiger partial charge >= 0.3 is 0 Å². The van der Waals surface area contributed by atoms with Crippen molar-refractivity contribution in [1.82, 2.24) is 15.5 Å². The molecule has 4 rings (SSSR count). The van der Waals surface area contributed by atoms with Crippen LogP contribution in [0.5, 0.6) is 0 Å². The summed E-state index contributed by atoms with van der Waals surface area (Å²) >= 11 is 6.21. The third-order valence-corrected chi connectivity index (χ3v) is 6.56. The van der Waals surface area contributed by atoms with E-state index in [0.717, 1.165) is 18.5 Å². The molecular weight excluding hydrogens is 418 g/mol. The van der Waals surface area contributed by atoms with Gasteiger partial charge in [0.2, 0.25) is 0 Å². The Morgan fingerprint density at radius 1 is 1.30 bits per heavy atom. The molecule has 2 amide bonds. The van der Waals surface area contributed by atoms with E-state index in [1.165, 1.54) is 24.6 Å². The number of thiocarbonyl (C=S) groups is 1. The first-order chi connectivity index (χ1) is 14.5. The van der Waals surface area contributed by atoms with Gasteiger partial charge in [-0.05, 0) is 50.7 Å². The topological polar surface area (TPSA) is 74.6 Å². The van der Waals surface area contributed by atoms with Crippen molar-refractivity contribution < 1.29 is 14.0 Å². The zero-order valence-electron chi connectivity index (χ0n) is 16.6. The zero-order chi connectivity index (χ0) is 21.1. The second-order valence-electron chi connectivity index (χ2n) is 7.47. The summed E-state index contributed by atoms with van der Waals surface area (Å²) in [4.78, 5) is 27.1. The van der Waals surface area contributed by atoms with Crippen LogP contribution < -0.4 is 10.6 Å². The van der Waals surface area contributed by atoms with Crippen LogP contribution in [0.3, 0.4) is 0 Å². The minimum absolute atomic E-state index is 0.0642. The predicted octanol–water partition coefficient (Wildman–Crippen LogP) is 3.65. The van der Waals surface area contributed by atoms with Gasteiger partial charge in [-0.2, -0.15) is 0 Å². The highest BCUT2D eigenvalue weighted by molar-refractivity contribution is 8.26. The average Bonchev–Trinajstić information content (AvgIpc) is 3.33. The van der Waals surface area contributed by atoms with Crippen molar-refractivity contribution in [1.29, 1.82) is 0 Å². The van der Waals surface area contributed by atoms with Crippen LogP contribution >= 0.6 is 24.0 Å². The Labute approximate surface area is 185 Å². The maximum absolute atomic E-state index is 12.5. The first kappa shape index (κ1) is 20.8. The third kappa shape index (κ3) is 4.83. The number of hydrogen-bond donors (Lipinski definition) is 2. The average molecular weight is 442 g/mol. The fourth-order valence-corrected chi connectivity index (χ4v) is 4.66. The highest BCUT2D eigenvalue weighted by atomic mass is 32.2. The second-order valence-corrected chi connectivity index (χ2v) is 9.19. The van der Waals surface area contributed by atoms with Gasteiger partial charge in [0.25, 0.3) is 11.8 Å². The Morgan fingerprint density at radius 3 is 2.80 bits per heavy atom. The fourth-order valence-electron chi connectivity index (χ4n) is 3.64. The number of amides is 2. The fraction of sp³-hybridized carbons (Fsp3) is 0.318. The number of carbonyl (C=O) groups excluding carboxylic acids is 2. The van der Waals surface area contributed by atoms with Crippen molar-refractivity contribution in [3.05, 3.63) is 52.6 Å². The highest BCUT2D eigenvalue weighted by Gasteiger charge is 2.23. The Kier molecular flexibility index (Phi) is 6.36. The van der Waals surface area contributed by atoms with Crippen LogP contribution in [0.4, 0.5) is 0 Å². The van der Waals surface area contributed by atoms with E-state index < -0.39 is 0 Å². The van der Waals surface area contributed by atoms with Gasteiger partial charge in [0.05, 0.1) is 4.91 Å². The van der Waals surface area contributed by atoms with Crippen molar-refractivity contribution in [2.75, 3.05) is 20.1 Å². The predicted molar refractivity (Wildman–Crippen MR) is 123 cm³/mol. The van der Waals surface area contributed by atoms with Crippen LogP contribution in [0.25, 0.3) is 17.4 Å². The van der Waals surface area contributed by atoms with E-state index in [1.54, 1.807) is 24.3 Å². The Bertz CT molecular complexity index is 997. The monoisotopic (exact) mass is 441 g/mol. The van der Waals surface area contributed by atoms with E-state index in [9.17, 15) is 9.59 Å². The van der Waals surface area contributed by atoms with E-state index in [2.05, 4.69) is 22.6 Å². The first-order valence-electron chi connectivity index (χ1n) is 9.93. The molecule has 0 bridgehead atoms. The largest absolute Gasteiger partial charge is 0.457 e. The van der Waals surface area contributed by atoms with Crippen LogP contribution in [-0.2, 0) is 4.79 Å². The standard InChI is InChI=1S/C22H23N3O3S2/c1-25-11-3-2-4-16(25)13-23-20(26)15-7-5-14(6-8-15)18-10-9-17(28-18)12-19-21(27)24-22(29)30-19/h5-10,12,16H,2-4,11,13H2,1H3,(H,23,26)(H,24,27,29)/b19-12+. The highest BCUT2D eigenvalue weighted by Crippen LogP contribution is 2.29. The number of likely N-dealkylation sites (tertiary alicyclic amines) is 1. The molecule has 2 aliphatic heterocycles. The van der Waals surface area contributed by atoms with Crippen molar-refractivity contribution in [2.24, 2.45) is 0 Å². The quantitative estimate of drug-likeness (QED) is 0.545. The minimum Gasteiger partial charge on any atom is -0.457 e. The lowest BCUT2D eigenvalue weighted by Crippen LogP contribution is -2.44. The molecule has 1 aromatic carbocycles. The molecule has 2 saturated heterocycles. The number of benzene rings is 1. The van der Waals surface area contributed by atoms with Crippen molar-refractivity contribution in [3.8, 4) is 11.3 Å². The minimum atomic E-state index is -0.210. The number of nitrogens with one attached hydrogen (secondary N) is 2. The van der Waals surface area contributed by atoms with E-state index in [1.807, 2.05) is 18.2 Å². The van der Waals surface area contributed by atoms with Gasteiger partial charge in [-0.3, -0.25) is 9.59 Å². The number of thioether (sulfide) groups is 1. The van der Waals surface area contributed by atoms with Gasteiger partial charge in [-0.1, -0.05) is 42.5 Å². The molecule has 1 atom stereocenters. The molecule has 0 saturated carbocycles. The summed E-state index contributed by atoms with van der Waals surface area (Å²) in [5.74, 6) is 0.970. The molecular formula is C22H23N3O3S2. The van der Waals surface area contributed by atoms with Gasteiger partial charge in [0, 0.05) is 29.8 Å². The first-order valence-corrected chi connectivity index (χ1v) is 11.2. The van der Waals surface area contributed by atoms with E-state index in [0.29, 0.717) is 38.9 Å². The summed E-state index contributed by atoms with van der Waals surface area (Å²) in [6.45, 7) is 1.76. The Balaban J connectivity index is 1.38. The van der Waals surface area contributed by atoms with Gasteiger partial charge in [-0.15, -0.1) is 0 Å². The molecule has 2 aliphatic rings. The molecule has 8 heteroatoms. The lowest BCUT2D eigenvalue weighted by Gasteiger charge is -2.32. The molecule has 1 aromatic heterocycles. The van der Waals surface area contributed by atoms with Crippen LogP contribution in [-0.4, -0.2) is 47.2 Å². The van der Waals surface area contributed by atoms with Gasteiger partial charge in [0.15, 0.2) is 0 Å². The van der Waals surface area contributed by atoms with Gasteiger partial charge in [0.1, 0.15) is 15.8 Å². The van der Waals surface area contributed by atoms with Gasteiger partial charge in [-0.25, -0.2) is 0 Å². The Morgan fingerprint density at radius 2 is 2.10 bits per heavy atom. The molecule has 3 heterocycles. The van der Waals surface area contributed by atoms with Crippen LogP contribution in [0.1, 0.15) is 35.4 Å². The molecule has 2 N–H and O–H groups in total. The number of rotatable bonds is 5. The number of nitrogens with zero attached hydrogens (tertiary/aromatic N) is 1. The molecule has 1 unspecified atom stereocenters. The number of hydrogen-bond acceptors (Lipinski definition) is 6. The van der Waals surface area contributed by atoms with Crippen molar-refractivity contribution in [2.45, 2.75) is 25.3 Å². The molecule has 2 fully saturated rings. The summed E-state index contributed by atoms with van der Waals surface area (Å²) in [6.07, 6.45) is 5.25. The number of piperidine rings is 1. The molecule has 30 heavy (non-hydrogen) atoms. The van der Waals surface area contributed by atoms with Crippen LogP contribution in [0.2, 0.25) is 0 Å². The van der Waals surface area contributed by atoms with Crippen LogP contribution in [0, 0.1) is 0 Å². The van der Waals surface area contributed by atoms with Crippen LogP contribution in [0.15, 0.2) is 45.7 Å². The number of carbonyl (C=O) groups is 2. The SMILES string of the molecule is CN1CCCCC1CNC(=O)c1ccc(-c2ccc(/C=C3/SC(=S)NC3=O)o2)cc1. The summed E-state index contributed by atoms with van der Waals surface area (Å²) < 4.78 is 6.28. The lowest BCUT2D eigenvalue weighted by atomic mass is 10.0. The molecule has 6 nitrogen and oxygen atoms in total. The second kappa shape index (κ2) is 9.16. The lowest BCUT2D eigenvalue weighted by molar-refractivity contribution is -0.115. The normalized spacial score (nSPS) is 21.1. The summed E-state index contributed by atoms with van der Waals surface area (Å²) in [7, 11) is 2.12. The van der Waals surface area contributed by atoms with E-state index in [4.69, 9.17) is 16.6 Å².